The number of carbonyl (C=O) groups excluding carboxylic acids is 1. The molecule has 0 radical (unpaired) electrons. The van der Waals surface area contributed by atoms with Gasteiger partial charge < -0.3 is 4.74 Å². The molecule has 1 unspecified atom stereocenters. The molecule has 0 spiro atoms. The minimum atomic E-state index is -0.658. The molecule has 2 rings (SSSR count). The van der Waals surface area contributed by atoms with Crippen molar-refractivity contribution in [1.82, 2.24) is 0 Å². The van der Waals surface area contributed by atoms with Crippen LogP contribution in [-0.4, -0.2) is 5.97 Å². The van der Waals surface area contributed by atoms with E-state index in [9.17, 15) is 9.18 Å². The number of cyclic esters (lactones) is 1. The molecule has 2 nitrogen and oxygen atoms in total. The van der Waals surface area contributed by atoms with Crippen molar-refractivity contribution in [3.8, 4) is 0 Å². The quantitative estimate of drug-likeness (QED) is 0.691. The van der Waals surface area contributed by atoms with Crippen molar-refractivity contribution < 1.29 is 13.9 Å². The molecule has 0 bridgehead atoms. The van der Waals surface area contributed by atoms with E-state index in [1.807, 2.05) is 6.92 Å². The number of benzene rings is 1. The first kappa shape index (κ1) is 10.4. The Labute approximate surface area is 92.0 Å². The molecule has 80 valence electrons. The van der Waals surface area contributed by atoms with Crippen LogP contribution in [0.1, 0.15) is 25.3 Å². The normalized spacial score (nSPS) is 25.4. The number of halogens is 2. The number of carbonyl (C=O) groups is 1. The maximum Gasteiger partial charge on any atom is 0.306 e. The van der Waals surface area contributed by atoms with Gasteiger partial charge in [-0.1, -0.05) is 17.7 Å². The van der Waals surface area contributed by atoms with Crippen molar-refractivity contribution in [2.24, 2.45) is 0 Å². The van der Waals surface area contributed by atoms with Crippen molar-refractivity contribution in [2.75, 3.05) is 0 Å². The average molecular weight is 229 g/mol. The summed E-state index contributed by atoms with van der Waals surface area (Å²) >= 11 is 5.68. The smallest absolute Gasteiger partial charge is 0.306 e. The Hall–Kier alpha value is -1.09. The third-order valence-electron chi connectivity index (χ3n) is 2.68. The van der Waals surface area contributed by atoms with Crippen LogP contribution >= 0.6 is 11.6 Å². The second kappa shape index (κ2) is 3.49. The standard InChI is InChI=1S/C11H10ClFO2/c1-11(5-4-10(14)15-11)7-2-3-9(13)8(12)6-7/h2-3,6H,4-5H2,1H3. The molecule has 1 aromatic carbocycles. The van der Waals surface area contributed by atoms with Crippen molar-refractivity contribution in [3.63, 3.8) is 0 Å². The lowest BCUT2D eigenvalue weighted by Gasteiger charge is -2.23. The molecule has 0 saturated carbocycles. The van der Waals surface area contributed by atoms with Crippen LogP contribution in [0, 0.1) is 5.82 Å². The van der Waals surface area contributed by atoms with E-state index in [4.69, 9.17) is 16.3 Å². The number of hydrogen-bond donors (Lipinski definition) is 0. The van der Waals surface area contributed by atoms with E-state index < -0.39 is 11.4 Å². The van der Waals surface area contributed by atoms with Gasteiger partial charge in [0, 0.05) is 12.8 Å². The van der Waals surface area contributed by atoms with Crippen LogP contribution in [0.5, 0.6) is 0 Å². The van der Waals surface area contributed by atoms with E-state index in [1.165, 1.54) is 12.1 Å². The predicted octanol–water partition coefficient (Wildman–Crippen LogP) is 3.03. The summed E-state index contributed by atoms with van der Waals surface area (Å²) in [6.45, 7) is 1.81. The summed E-state index contributed by atoms with van der Waals surface area (Å²) in [7, 11) is 0. The Bertz CT molecular complexity index is 419. The minimum Gasteiger partial charge on any atom is -0.454 e. The Morgan fingerprint density at radius 3 is 2.80 bits per heavy atom. The highest BCUT2D eigenvalue weighted by Crippen LogP contribution is 2.37. The van der Waals surface area contributed by atoms with Crippen molar-refractivity contribution in [3.05, 3.63) is 34.6 Å². The van der Waals surface area contributed by atoms with E-state index in [1.54, 1.807) is 6.07 Å². The lowest BCUT2D eigenvalue weighted by molar-refractivity contribution is -0.147. The molecular formula is C11H10ClFO2. The molecule has 15 heavy (non-hydrogen) atoms. The SMILES string of the molecule is CC1(c2ccc(F)c(Cl)c2)CCC(=O)O1. The van der Waals surface area contributed by atoms with E-state index in [0.29, 0.717) is 12.8 Å². The van der Waals surface area contributed by atoms with Crippen LogP contribution in [0.4, 0.5) is 4.39 Å². The van der Waals surface area contributed by atoms with Crippen LogP contribution in [0.25, 0.3) is 0 Å². The summed E-state index contributed by atoms with van der Waals surface area (Å²) < 4.78 is 18.2. The topological polar surface area (TPSA) is 26.3 Å². The molecule has 0 N–H and O–H groups in total. The summed E-state index contributed by atoms with van der Waals surface area (Å²) in [6, 6.07) is 4.39. The molecule has 1 fully saturated rings. The zero-order valence-electron chi connectivity index (χ0n) is 8.22. The molecule has 0 aliphatic carbocycles. The number of esters is 1. The number of ether oxygens (including phenoxy) is 1. The molecule has 1 aliphatic heterocycles. The zero-order chi connectivity index (χ0) is 11.1. The maximum absolute atomic E-state index is 12.9. The third-order valence-corrected chi connectivity index (χ3v) is 2.97. The first-order chi connectivity index (χ1) is 7.01. The molecule has 0 amide bonds. The van der Waals surface area contributed by atoms with Crippen molar-refractivity contribution >= 4 is 17.6 Å². The molecule has 1 aromatic rings. The first-order valence-electron chi connectivity index (χ1n) is 4.69. The van der Waals surface area contributed by atoms with E-state index in [0.717, 1.165) is 5.56 Å². The van der Waals surface area contributed by atoms with E-state index in [2.05, 4.69) is 0 Å². The number of hydrogen-bond acceptors (Lipinski definition) is 2. The van der Waals surface area contributed by atoms with Gasteiger partial charge in [-0.25, -0.2) is 4.39 Å². The van der Waals surface area contributed by atoms with Gasteiger partial charge in [-0.2, -0.15) is 0 Å². The Morgan fingerprint density at radius 1 is 1.53 bits per heavy atom. The van der Waals surface area contributed by atoms with Gasteiger partial charge in [-0.05, 0) is 24.6 Å². The summed E-state index contributed by atoms with van der Waals surface area (Å²) in [4.78, 5) is 11.1. The zero-order valence-corrected chi connectivity index (χ0v) is 8.97. The highest BCUT2D eigenvalue weighted by molar-refractivity contribution is 6.30. The second-order valence-corrected chi connectivity index (χ2v) is 4.24. The lowest BCUT2D eigenvalue weighted by atomic mass is 9.93. The van der Waals surface area contributed by atoms with Gasteiger partial charge in [-0.15, -0.1) is 0 Å². The highest BCUT2D eigenvalue weighted by atomic mass is 35.5. The average Bonchev–Trinajstić information content (AvgIpc) is 2.52. The van der Waals surface area contributed by atoms with E-state index in [-0.39, 0.29) is 11.0 Å². The van der Waals surface area contributed by atoms with E-state index >= 15 is 0 Å². The fraction of sp³-hybridized carbons (Fsp3) is 0.364. The molecule has 4 heteroatoms. The Morgan fingerprint density at radius 2 is 2.27 bits per heavy atom. The molecular weight excluding hydrogens is 219 g/mol. The summed E-state index contributed by atoms with van der Waals surface area (Å²) in [5.74, 6) is -0.689. The third kappa shape index (κ3) is 1.84. The molecule has 1 heterocycles. The molecule has 1 saturated heterocycles. The van der Waals surface area contributed by atoms with Gasteiger partial charge in [0.05, 0.1) is 5.02 Å². The van der Waals surface area contributed by atoms with Crippen molar-refractivity contribution in [1.29, 1.82) is 0 Å². The second-order valence-electron chi connectivity index (χ2n) is 3.83. The Kier molecular flexibility index (Phi) is 2.43. The van der Waals surface area contributed by atoms with Crippen LogP contribution < -0.4 is 0 Å². The van der Waals surface area contributed by atoms with Gasteiger partial charge in [0.1, 0.15) is 11.4 Å². The van der Waals surface area contributed by atoms with Crippen LogP contribution in [0.2, 0.25) is 5.02 Å². The first-order valence-corrected chi connectivity index (χ1v) is 5.06. The fourth-order valence-corrected chi connectivity index (χ4v) is 1.90. The van der Waals surface area contributed by atoms with Gasteiger partial charge in [0.25, 0.3) is 0 Å². The lowest BCUT2D eigenvalue weighted by Crippen LogP contribution is -2.20. The van der Waals surface area contributed by atoms with Gasteiger partial charge in [0.2, 0.25) is 0 Å². The largest absolute Gasteiger partial charge is 0.454 e. The summed E-state index contributed by atoms with van der Waals surface area (Å²) in [6.07, 6.45) is 0.999. The van der Waals surface area contributed by atoms with Crippen LogP contribution in [0.15, 0.2) is 18.2 Å². The monoisotopic (exact) mass is 228 g/mol. The minimum absolute atomic E-state index is 0.0525. The predicted molar refractivity (Wildman–Crippen MR) is 54.1 cm³/mol. The van der Waals surface area contributed by atoms with Crippen LogP contribution in [0.3, 0.4) is 0 Å². The van der Waals surface area contributed by atoms with Gasteiger partial charge in [-0.3, -0.25) is 4.79 Å². The maximum atomic E-state index is 12.9. The summed E-state index contributed by atoms with van der Waals surface area (Å²) in [5, 5.41) is 0.0525. The molecule has 1 aliphatic rings. The van der Waals surface area contributed by atoms with Gasteiger partial charge >= 0.3 is 5.97 Å². The Balaban J connectivity index is 2.37. The number of rotatable bonds is 1. The summed E-state index contributed by atoms with van der Waals surface area (Å²) in [5.41, 5.74) is 0.0776. The fourth-order valence-electron chi connectivity index (χ4n) is 1.72. The van der Waals surface area contributed by atoms with Gasteiger partial charge in [0.15, 0.2) is 0 Å². The van der Waals surface area contributed by atoms with Crippen LogP contribution in [-0.2, 0) is 15.1 Å². The molecule has 1 atom stereocenters. The highest BCUT2D eigenvalue weighted by Gasteiger charge is 2.37. The van der Waals surface area contributed by atoms with Crippen molar-refractivity contribution in [2.45, 2.75) is 25.4 Å². The molecule has 0 aromatic heterocycles.